The highest BCUT2D eigenvalue weighted by atomic mass is 16.5. The fourth-order valence-electron chi connectivity index (χ4n) is 3.45. The molecule has 0 aromatic carbocycles. The van der Waals surface area contributed by atoms with E-state index >= 15 is 0 Å². The van der Waals surface area contributed by atoms with Crippen molar-refractivity contribution >= 4 is 5.91 Å². The van der Waals surface area contributed by atoms with Gasteiger partial charge >= 0.3 is 0 Å². The average Bonchev–Trinajstić information content (AvgIpc) is 3.29. The smallest absolute Gasteiger partial charge is 0.274 e. The van der Waals surface area contributed by atoms with Crippen LogP contribution in [-0.2, 0) is 0 Å². The number of carbonyl (C=O) groups is 1. The number of carbonyl (C=O) groups excluding carboxylic acids is 1. The van der Waals surface area contributed by atoms with Gasteiger partial charge in [-0.25, -0.2) is 15.0 Å². The van der Waals surface area contributed by atoms with E-state index in [1.54, 1.807) is 12.4 Å². The lowest BCUT2D eigenvalue weighted by atomic mass is 10.1. The van der Waals surface area contributed by atoms with Gasteiger partial charge in [0.25, 0.3) is 5.91 Å². The van der Waals surface area contributed by atoms with Crippen molar-refractivity contribution in [3.05, 3.63) is 53.2 Å². The standard InChI is InChI=1S/C19H20N6O2/c1-11-9-22-15(10-21-11)19(26)25-8-4-5-16(25)14-6-7-20-18(23-14)17-12(2)24-27-13(17)3/h6-7,9-10,16H,4-5,8H2,1-3H3. The van der Waals surface area contributed by atoms with Crippen molar-refractivity contribution in [1.29, 1.82) is 0 Å². The molecule has 1 fully saturated rings. The first kappa shape index (κ1) is 17.3. The van der Waals surface area contributed by atoms with Gasteiger partial charge in [-0.15, -0.1) is 0 Å². The summed E-state index contributed by atoms with van der Waals surface area (Å²) in [5, 5.41) is 3.97. The Morgan fingerprint density at radius 1 is 1.19 bits per heavy atom. The van der Waals surface area contributed by atoms with Gasteiger partial charge in [0.15, 0.2) is 5.82 Å². The fraction of sp³-hybridized carbons (Fsp3) is 0.368. The Hall–Kier alpha value is -3.16. The molecule has 1 unspecified atom stereocenters. The van der Waals surface area contributed by atoms with E-state index < -0.39 is 0 Å². The molecule has 0 saturated carbocycles. The first-order chi connectivity index (χ1) is 13.0. The molecular weight excluding hydrogens is 344 g/mol. The SMILES string of the molecule is Cc1cnc(C(=O)N2CCCC2c2ccnc(-c3c(C)noc3C)n2)cn1. The lowest BCUT2D eigenvalue weighted by molar-refractivity contribution is 0.0726. The van der Waals surface area contributed by atoms with E-state index in [4.69, 9.17) is 9.51 Å². The molecule has 0 radical (unpaired) electrons. The highest BCUT2D eigenvalue weighted by Gasteiger charge is 2.32. The Morgan fingerprint density at radius 3 is 2.74 bits per heavy atom. The first-order valence-electron chi connectivity index (χ1n) is 8.90. The number of aryl methyl sites for hydroxylation is 3. The molecule has 0 aliphatic carbocycles. The van der Waals surface area contributed by atoms with Crippen molar-refractivity contribution in [3.8, 4) is 11.4 Å². The third kappa shape index (κ3) is 3.18. The molecule has 1 aliphatic rings. The Kier molecular flexibility index (Phi) is 4.39. The number of nitrogens with zero attached hydrogens (tertiary/aromatic N) is 6. The van der Waals surface area contributed by atoms with Crippen molar-refractivity contribution in [2.24, 2.45) is 0 Å². The van der Waals surface area contributed by atoms with Crippen molar-refractivity contribution in [3.63, 3.8) is 0 Å². The van der Waals surface area contributed by atoms with Gasteiger partial charge in [0.1, 0.15) is 11.5 Å². The van der Waals surface area contributed by atoms with Gasteiger partial charge < -0.3 is 9.42 Å². The normalized spacial score (nSPS) is 16.7. The molecule has 0 N–H and O–H groups in total. The molecule has 3 aromatic heterocycles. The quantitative estimate of drug-likeness (QED) is 0.705. The van der Waals surface area contributed by atoms with Gasteiger partial charge in [-0.2, -0.15) is 0 Å². The first-order valence-corrected chi connectivity index (χ1v) is 8.90. The van der Waals surface area contributed by atoms with Crippen molar-refractivity contribution in [1.82, 2.24) is 30.0 Å². The topological polar surface area (TPSA) is 97.9 Å². The maximum absolute atomic E-state index is 12.9. The van der Waals surface area contributed by atoms with Gasteiger partial charge in [-0.05, 0) is 39.7 Å². The molecule has 8 nitrogen and oxygen atoms in total. The molecule has 8 heteroatoms. The average molecular weight is 364 g/mol. The number of aromatic nitrogens is 5. The summed E-state index contributed by atoms with van der Waals surface area (Å²) < 4.78 is 5.23. The summed E-state index contributed by atoms with van der Waals surface area (Å²) in [6.45, 7) is 6.22. The van der Waals surface area contributed by atoms with Crippen LogP contribution in [0, 0.1) is 20.8 Å². The number of rotatable bonds is 3. The molecule has 4 rings (SSSR count). The lowest BCUT2D eigenvalue weighted by Crippen LogP contribution is -2.31. The summed E-state index contributed by atoms with van der Waals surface area (Å²) in [5.41, 5.74) is 3.50. The number of amides is 1. The minimum atomic E-state index is -0.123. The van der Waals surface area contributed by atoms with Crippen LogP contribution in [0.25, 0.3) is 11.4 Å². The molecule has 1 atom stereocenters. The summed E-state index contributed by atoms with van der Waals surface area (Å²) in [6, 6.07) is 1.75. The summed E-state index contributed by atoms with van der Waals surface area (Å²) in [6.07, 6.45) is 6.63. The van der Waals surface area contributed by atoms with E-state index in [1.807, 2.05) is 31.7 Å². The number of hydrogen-bond donors (Lipinski definition) is 0. The summed E-state index contributed by atoms with van der Waals surface area (Å²) in [4.78, 5) is 32.2. The van der Waals surface area contributed by atoms with E-state index in [1.165, 1.54) is 6.20 Å². The Morgan fingerprint density at radius 2 is 2.04 bits per heavy atom. The Balaban J connectivity index is 1.65. The van der Waals surface area contributed by atoms with Gasteiger partial charge in [0.2, 0.25) is 0 Å². The Bertz CT molecular complexity index is 963. The summed E-state index contributed by atoms with van der Waals surface area (Å²) in [7, 11) is 0. The van der Waals surface area contributed by atoms with E-state index in [2.05, 4.69) is 20.1 Å². The van der Waals surface area contributed by atoms with E-state index in [0.29, 0.717) is 23.8 Å². The van der Waals surface area contributed by atoms with Crippen LogP contribution in [0.15, 0.2) is 29.2 Å². The minimum Gasteiger partial charge on any atom is -0.361 e. The molecule has 1 amide bonds. The van der Waals surface area contributed by atoms with Gasteiger partial charge in [0.05, 0.1) is 34.9 Å². The van der Waals surface area contributed by atoms with Gasteiger partial charge in [-0.1, -0.05) is 5.16 Å². The third-order valence-electron chi connectivity index (χ3n) is 4.79. The molecule has 0 spiro atoms. The van der Waals surface area contributed by atoms with E-state index in [-0.39, 0.29) is 11.9 Å². The summed E-state index contributed by atoms with van der Waals surface area (Å²) in [5.74, 6) is 1.12. The van der Waals surface area contributed by atoms with Crippen LogP contribution in [0.5, 0.6) is 0 Å². The van der Waals surface area contributed by atoms with Crippen LogP contribution in [0.3, 0.4) is 0 Å². The second kappa shape index (κ2) is 6.86. The van der Waals surface area contributed by atoms with Crippen LogP contribution >= 0.6 is 0 Å². The second-order valence-corrected chi connectivity index (χ2v) is 6.70. The van der Waals surface area contributed by atoms with Crippen LogP contribution < -0.4 is 0 Å². The van der Waals surface area contributed by atoms with E-state index in [9.17, 15) is 4.79 Å². The second-order valence-electron chi connectivity index (χ2n) is 6.70. The fourth-order valence-corrected chi connectivity index (χ4v) is 3.45. The largest absolute Gasteiger partial charge is 0.361 e. The zero-order chi connectivity index (χ0) is 19.0. The van der Waals surface area contributed by atoms with Crippen molar-refractivity contribution in [2.75, 3.05) is 6.54 Å². The molecule has 1 aliphatic heterocycles. The monoisotopic (exact) mass is 364 g/mol. The number of likely N-dealkylation sites (tertiary alicyclic amines) is 1. The lowest BCUT2D eigenvalue weighted by Gasteiger charge is -2.24. The molecule has 3 aromatic rings. The zero-order valence-electron chi connectivity index (χ0n) is 15.5. The van der Waals surface area contributed by atoms with Gasteiger partial charge in [0, 0.05) is 18.9 Å². The minimum absolute atomic E-state index is 0.108. The van der Waals surface area contributed by atoms with Crippen LogP contribution in [-0.4, -0.2) is 42.4 Å². The maximum Gasteiger partial charge on any atom is 0.274 e. The van der Waals surface area contributed by atoms with Crippen LogP contribution in [0.4, 0.5) is 0 Å². The highest BCUT2D eigenvalue weighted by Crippen LogP contribution is 2.33. The van der Waals surface area contributed by atoms with E-state index in [0.717, 1.165) is 35.5 Å². The summed E-state index contributed by atoms with van der Waals surface area (Å²) >= 11 is 0. The molecule has 1 saturated heterocycles. The van der Waals surface area contributed by atoms with Crippen LogP contribution in [0.1, 0.15) is 52.2 Å². The number of hydrogen-bond acceptors (Lipinski definition) is 7. The predicted octanol–water partition coefficient (Wildman–Crippen LogP) is 2.82. The Labute approximate surface area is 156 Å². The van der Waals surface area contributed by atoms with Gasteiger partial charge in [-0.3, -0.25) is 9.78 Å². The molecule has 138 valence electrons. The van der Waals surface area contributed by atoms with Crippen molar-refractivity contribution < 1.29 is 9.32 Å². The predicted molar refractivity (Wildman–Crippen MR) is 96.8 cm³/mol. The molecule has 4 heterocycles. The molecule has 0 bridgehead atoms. The molecular formula is C19H20N6O2. The highest BCUT2D eigenvalue weighted by molar-refractivity contribution is 5.92. The van der Waals surface area contributed by atoms with Crippen LogP contribution in [0.2, 0.25) is 0 Å². The maximum atomic E-state index is 12.9. The third-order valence-corrected chi connectivity index (χ3v) is 4.79. The molecule has 27 heavy (non-hydrogen) atoms. The zero-order valence-corrected chi connectivity index (χ0v) is 15.5. The van der Waals surface area contributed by atoms with Crippen molar-refractivity contribution in [2.45, 2.75) is 39.7 Å².